The fraction of sp³-hybridized carbons (Fsp3) is 0.0714. The fourth-order valence-corrected chi connectivity index (χ4v) is 4.30. The van der Waals surface area contributed by atoms with Crippen molar-refractivity contribution in [2.45, 2.75) is 5.92 Å². The van der Waals surface area contributed by atoms with E-state index in [0.29, 0.717) is 28.4 Å². The zero-order valence-corrected chi connectivity index (χ0v) is 18.3. The third kappa shape index (κ3) is 3.59. The molecule has 4 aromatic rings. The minimum Gasteiger partial charge on any atom is -0.496 e. The maximum atomic E-state index is 12.7. The molecule has 1 aliphatic heterocycles. The number of allylic oxidation sites excluding steroid dienone is 1. The van der Waals surface area contributed by atoms with Crippen LogP contribution in [0, 0.1) is 11.3 Å². The van der Waals surface area contributed by atoms with Crippen LogP contribution in [0.1, 0.15) is 27.4 Å². The first kappa shape index (κ1) is 21.1. The molecular weight excluding hydrogens is 428 g/mol. The number of benzene rings is 4. The average Bonchev–Trinajstić information content (AvgIpc) is 2.87. The lowest BCUT2D eigenvalue weighted by Crippen LogP contribution is -2.21. The monoisotopic (exact) mass is 448 g/mol. The highest BCUT2D eigenvalue weighted by molar-refractivity contribution is 5.94. The minimum atomic E-state index is -0.556. The number of carbonyl (C=O) groups is 1. The second-order valence-electron chi connectivity index (χ2n) is 7.78. The first-order chi connectivity index (χ1) is 16.6. The zero-order valence-electron chi connectivity index (χ0n) is 18.3. The summed E-state index contributed by atoms with van der Waals surface area (Å²) < 4.78 is 16.6. The van der Waals surface area contributed by atoms with Crippen LogP contribution in [0.5, 0.6) is 17.2 Å². The smallest absolute Gasteiger partial charge is 0.347 e. The summed E-state index contributed by atoms with van der Waals surface area (Å²) >= 11 is 0. The van der Waals surface area contributed by atoms with E-state index in [-0.39, 0.29) is 5.88 Å². The standard InChI is InChI=1S/C28H20N2O4/c1-32-24-12-5-4-10-22(24)28(31)33-18-13-14-21-25(15-18)34-27(30)23(16-29)26(21)20-11-6-8-17-7-2-3-9-19(17)20/h2-15,26H,30H2,1H3. The van der Waals surface area contributed by atoms with Crippen LogP contribution >= 0.6 is 0 Å². The number of methoxy groups -OCH3 is 1. The quantitative estimate of drug-likeness (QED) is 0.337. The number of carbonyl (C=O) groups excluding carboxylic acids is 1. The highest BCUT2D eigenvalue weighted by Gasteiger charge is 2.32. The summed E-state index contributed by atoms with van der Waals surface area (Å²) in [5.74, 6) is 0.197. The topological polar surface area (TPSA) is 94.6 Å². The molecule has 6 nitrogen and oxygen atoms in total. The van der Waals surface area contributed by atoms with E-state index in [1.54, 1.807) is 42.5 Å². The van der Waals surface area contributed by atoms with Crippen molar-refractivity contribution >= 4 is 16.7 Å². The number of hydrogen-bond acceptors (Lipinski definition) is 6. The molecule has 0 saturated carbocycles. The van der Waals surface area contributed by atoms with Crippen molar-refractivity contribution in [3.05, 3.63) is 113 Å². The Balaban J connectivity index is 1.56. The first-order valence-corrected chi connectivity index (χ1v) is 10.6. The first-order valence-electron chi connectivity index (χ1n) is 10.6. The lowest BCUT2D eigenvalue weighted by Gasteiger charge is -2.27. The lowest BCUT2D eigenvalue weighted by molar-refractivity contribution is 0.0731. The van der Waals surface area contributed by atoms with Gasteiger partial charge >= 0.3 is 5.97 Å². The summed E-state index contributed by atoms with van der Waals surface area (Å²) in [6.45, 7) is 0. The molecule has 0 spiro atoms. The average molecular weight is 448 g/mol. The van der Waals surface area contributed by atoms with Gasteiger partial charge in [-0.25, -0.2) is 4.79 Å². The summed E-state index contributed by atoms with van der Waals surface area (Å²) in [6.07, 6.45) is 0. The minimum absolute atomic E-state index is 0.0288. The number of para-hydroxylation sites is 1. The molecule has 34 heavy (non-hydrogen) atoms. The van der Waals surface area contributed by atoms with Crippen LogP contribution in [-0.4, -0.2) is 13.1 Å². The molecule has 0 amide bonds. The van der Waals surface area contributed by atoms with Gasteiger partial charge in [0.1, 0.15) is 34.5 Å². The molecular formula is C28H20N2O4. The van der Waals surface area contributed by atoms with Crippen LogP contribution < -0.4 is 19.9 Å². The predicted molar refractivity (Wildman–Crippen MR) is 128 cm³/mol. The molecule has 1 aliphatic rings. The SMILES string of the molecule is COc1ccccc1C(=O)Oc1ccc2c(c1)OC(N)=C(C#N)C2c1cccc2ccccc12. The molecule has 0 saturated heterocycles. The van der Waals surface area contributed by atoms with Crippen molar-refractivity contribution in [3.63, 3.8) is 0 Å². The Labute approximate surface area is 196 Å². The van der Waals surface area contributed by atoms with Gasteiger partial charge in [0.05, 0.1) is 13.0 Å². The number of hydrogen-bond donors (Lipinski definition) is 1. The maximum Gasteiger partial charge on any atom is 0.347 e. The highest BCUT2D eigenvalue weighted by atomic mass is 16.5. The molecule has 4 aromatic carbocycles. The summed E-state index contributed by atoms with van der Waals surface area (Å²) in [5.41, 5.74) is 8.52. The Morgan fingerprint density at radius 3 is 2.56 bits per heavy atom. The van der Waals surface area contributed by atoms with Crippen LogP contribution in [0.3, 0.4) is 0 Å². The van der Waals surface area contributed by atoms with Gasteiger partial charge < -0.3 is 19.9 Å². The van der Waals surface area contributed by atoms with E-state index in [0.717, 1.165) is 21.9 Å². The molecule has 1 unspecified atom stereocenters. The van der Waals surface area contributed by atoms with Gasteiger partial charge in [0.2, 0.25) is 5.88 Å². The van der Waals surface area contributed by atoms with Gasteiger partial charge in [-0.3, -0.25) is 0 Å². The number of fused-ring (bicyclic) bond motifs is 2. The largest absolute Gasteiger partial charge is 0.496 e. The Kier molecular flexibility index (Phi) is 5.36. The third-order valence-corrected chi connectivity index (χ3v) is 5.86. The van der Waals surface area contributed by atoms with Crippen LogP contribution in [0.2, 0.25) is 0 Å². The molecule has 0 aliphatic carbocycles. The Morgan fingerprint density at radius 1 is 0.971 bits per heavy atom. The van der Waals surface area contributed by atoms with Gasteiger partial charge in [-0.1, -0.05) is 60.7 Å². The molecule has 5 rings (SSSR count). The number of rotatable bonds is 4. The summed E-state index contributed by atoms with van der Waals surface area (Å²) in [6, 6.07) is 28.1. The van der Waals surface area contributed by atoms with Crippen LogP contribution in [0.25, 0.3) is 10.8 Å². The Bertz CT molecular complexity index is 1490. The van der Waals surface area contributed by atoms with E-state index in [9.17, 15) is 10.1 Å². The second-order valence-corrected chi connectivity index (χ2v) is 7.78. The van der Waals surface area contributed by atoms with Crippen molar-refractivity contribution in [3.8, 4) is 23.3 Å². The van der Waals surface area contributed by atoms with E-state index < -0.39 is 11.9 Å². The predicted octanol–water partition coefficient (Wildman–Crippen LogP) is 5.29. The molecule has 0 radical (unpaired) electrons. The molecule has 0 fully saturated rings. The van der Waals surface area contributed by atoms with Gasteiger partial charge in [-0.05, 0) is 34.5 Å². The van der Waals surface area contributed by atoms with E-state index in [2.05, 4.69) is 6.07 Å². The second kappa shape index (κ2) is 8.64. The van der Waals surface area contributed by atoms with Gasteiger partial charge in [0, 0.05) is 11.6 Å². The number of nitriles is 1. The van der Waals surface area contributed by atoms with Gasteiger partial charge in [0.15, 0.2) is 0 Å². The number of esters is 1. The number of ether oxygens (including phenoxy) is 3. The maximum absolute atomic E-state index is 12.7. The van der Waals surface area contributed by atoms with Crippen molar-refractivity contribution < 1.29 is 19.0 Å². The Hall–Kier alpha value is -4.76. The van der Waals surface area contributed by atoms with Crippen molar-refractivity contribution in [1.82, 2.24) is 0 Å². The van der Waals surface area contributed by atoms with Gasteiger partial charge in [-0.2, -0.15) is 5.26 Å². The van der Waals surface area contributed by atoms with Gasteiger partial charge in [-0.15, -0.1) is 0 Å². The van der Waals surface area contributed by atoms with E-state index in [1.165, 1.54) is 7.11 Å². The fourth-order valence-electron chi connectivity index (χ4n) is 4.30. The third-order valence-electron chi connectivity index (χ3n) is 5.86. The summed E-state index contributed by atoms with van der Waals surface area (Å²) in [4.78, 5) is 12.7. The van der Waals surface area contributed by atoms with Crippen molar-refractivity contribution in [1.29, 1.82) is 5.26 Å². The molecule has 1 heterocycles. The zero-order chi connectivity index (χ0) is 23.7. The van der Waals surface area contributed by atoms with Crippen molar-refractivity contribution in [2.75, 3.05) is 7.11 Å². The molecule has 166 valence electrons. The van der Waals surface area contributed by atoms with Crippen molar-refractivity contribution in [2.24, 2.45) is 5.73 Å². The van der Waals surface area contributed by atoms with E-state index in [4.69, 9.17) is 19.9 Å². The summed E-state index contributed by atoms with van der Waals surface area (Å²) in [5, 5.41) is 12.0. The molecule has 6 heteroatoms. The molecule has 0 bridgehead atoms. The highest BCUT2D eigenvalue weighted by Crippen LogP contribution is 2.45. The molecule has 0 aromatic heterocycles. The van der Waals surface area contributed by atoms with Crippen LogP contribution in [0.4, 0.5) is 0 Å². The normalized spacial score (nSPS) is 14.6. The Morgan fingerprint density at radius 2 is 1.74 bits per heavy atom. The number of nitrogens with zero attached hydrogens (tertiary/aromatic N) is 1. The van der Waals surface area contributed by atoms with Crippen LogP contribution in [0.15, 0.2) is 96.4 Å². The summed E-state index contributed by atoms with van der Waals surface area (Å²) in [7, 11) is 1.49. The molecule has 1 atom stereocenters. The van der Waals surface area contributed by atoms with Gasteiger partial charge in [0.25, 0.3) is 0 Å². The van der Waals surface area contributed by atoms with E-state index >= 15 is 0 Å². The number of nitrogens with two attached hydrogens (primary N) is 1. The lowest BCUT2D eigenvalue weighted by atomic mass is 9.81. The van der Waals surface area contributed by atoms with E-state index in [1.807, 2.05) is 42.5 Å². The van der Waals surface area contributed by atoms with Crippen LogP contribution in [-0.2, 0) is 0 Å². The molecule has 2 N–H and O–H groups in total.